The van der Waals surface area contributed by atoms with Crippen LogP contribution in [0.1, 0.15) is 26.7 Å². The van der Waals surface area contributed by atoms with Crippen molar-refractivity contribution in [1.29, 1.82) is 0 Å². The maximum absolute atomic E-state index is 11.6. The summed E-state index contributed by atoms with van der Waals surface area (Å²) in [5.41, 5.74) is 12.1. The van der Waals surface area contributed by atoms with E-state index in [1.54, 1.807) is 6.92 Å². The minimum Gasteiger partial charge on any atom is -0.394 e. The van der Waals surface area contributed by atoms with Gasteiger partial charge in [0, 0.05) is 50.0 Å². The van der Waals surface area contributed by atoms with Crippen molar-refractivity contribution in [3.05, 3.63) is 0 Å². The molecule has 14 heteroatoms. The normalized spacial score (nSPS) is 47.1. The van der Waals surface area contributed by atoms with Gasteiger partial charge in [-0.15, -0.1) is 0 Å². The van der Waals surface area contributed by atoms with Crippen molar-refractivity contribution in [3.8, 4) is 0 Å². The number of hydrogen-bond donors (Lipinski definition) is 11. The summed E-state index contributed by atoms with van der Waals surface area (Å²) < 4.78 is 17.8. The van der Waals surface area contributed by atoms with E-state index in [4.69, 9.17) is 25.7 Å². The largest absolute Gasteiger partial charge is 0.394 e. The van der Waals surface area contributed by atoms with Gasteiger partial charge in [-0.25, -0.2) is 0 Å². The third-order valence-corrected chi connectivity index (χ3v) is 8.14. The van der Waals surface area contributed by atoms with Crippen molar-refractivity contribution < 1.29 is 50.0 Å². The molecule has 0 aromatic rings. The number of aliphatic hydroxyl groups is 7. The fourth-order valence-corrected chi connectivity index (χ4v) is 5.76. The Bertz CT molecular complexity index is 713. The Morgan fingerprint density at radius 2 is 1.71 bits per heavy atom. The first-order valence-corrected chi connectivity index (χ1v) is 13.6. The molecule has 38 heavy (non-hydrogen) atoms. The fourth-order valence-electron chi connectivity index (χ4n) is 5.76. The smallest absolute Gasteiger partial charge is 0.184 e. The molecule has 0 aromatic heterocycles. The van der Waals surface area contributed by atoms with Crippen molar-refractivity contribution in [2.75, 3.05) is 32.8 Å². The average Bonchev–Trinajstić information content (AvgIpc) is 2.89. The Kier molecular flexibility index (Phi) is 12.1. The van der Waals surface area contributed by atoms with Crippen LogP contribution in [0.5, 0.6) is 0 Å². The summed E-state index contributed by atoms with van der Waals surface area (Å²) in [4.78, 5) is 0. The zero-order valence-electron chi connectivity index (χ0n) is 22.1. The van der Waals surface area contributed by atoms with E-state index in [2.05, 4.69) is 10.6 Å². The van der Waals surface area contributed by atoms with Crippen molar-refractivity contribution in [2.45, 2.75) is 106 Å². The molecule has 15 unspecified atom stereocenters. The second-order valence-electron chi connectivity index (χ2n) is 10.9. The lowest BCUT2D eigenvalue weighted by molar-refractivity contribution is -0.305. The summed E-state index contributed by atoms with van der Waals surface area (Å²) in [7, 11) is 0. The van der Waals surface area contributed by atoms with Gasteiger partial charge in [-0.1, -0.05) is 13.8 Å². The van der Waals surface area contributed by atoms with E-state index < -0.39 is 97.9 Å². The molecule has 0 radical (unpaired) electrons. The monoisotopic (exact) mass is 552 g/mol. The van der Waals surface area contributed by atoms with E-state index in [1.165, 1.54) is 0 Å². The number of hydrogen-bond acceptors (Lipinski definition) is 14. The quantitative estimate of drug-likeness (QED) is 0.115. The average molecular weight is 553 g/mol. The van der Waals surface area contributed by atoms with Gasteiger partial charge in [0.05, 0.1) is 49.3 Å². The second-order valence-corrected chi connectivity index (χ2v) is 10.9. The molecule has 3 aliphatic rings. The lowest BCUT2D eigenvalue weighted by atomic mass is 9.70. The van der Waals surface area contributed by atoms with Crippen LogP contribution in [0.2, 0.25) is 0 Å². The molecule has 2 aliphatic heterocycles. The van der Waals surface area contributed by atoms with E-state index in [0.717, 1.165) is 0 Å². The van der Waals surface area contributed by atoms with Crippen molar-refractivity contribution in [2.24, 2.45) is 23.3 Å². The predicted octanol–water partition coefficient (Wildman–Crippen LogP) is -5.08. The van der Waals surface area contributed by atoms with Crippen molar-refractivity contribution >= 4 is 0 Å². The number of likely N-dealkylation sites (N-methyl/N-ethyl adjacent to an activating group) is 1. The molecule has 1 aliphatic carbocycles. The number of rotatable bonds is 11. The summed E-state index contributed by atoms with van der Waals surface area (Å²) in [5.74, 6) is -1.37. The summed E-state index contributed by atoms with van der Waals surface area (Å²) in [5, 5.41) is 79.7. The van der Waals surface area contributed by atoms with E-state index in [1.807, 2.05) is 6.92 Å². The molecule has 224 valence electrons. The van der Waals surface area contributed by atoms with Crippen LogP contribution >= 0.6 is 0 Å². The topological polar surface area (TPSA) is 245 Å². The number of nitrogens with one attached hydrogen (secondary N) is 2. The Labute approximate surface area is 223 Å². The fraction of sp³-hybridized carbons (Fsp3) is 1.00. The zero-order chi connectivity index (χ0) is 28.1. The molecule has 3 fully saturated rings. The molecule has 1 saturated carbocycles. The number of aliphatic hydroxyl groups excluding tert-OH is 7. The number of nitrogens with two attached hydrogens (primary N) is 2. The van der Waals surface area contributed by atoms with E-state index in [0.29, 0.717) is 13.1 Å². The molecular formula is C24H48N4O10. The van der Waals surface area contributed by atoms with Gasteiger partial charge in [-0.05, 0) is 13.0 Å². The second kappa shape index (κ2) is 14.4. The standard InChI is InChI=1S/C24H48N4O10/c1-3-27-8-16-19(33)10(2)20(34)23(36-16)18-12(26)4-13(28-7-11(30)6-25)22(21(18)35)38-24-15(32)5-14(31)17(9-29)37-24/h10-24,27-35H,3-9,25-26H2,1-2H3. The summed E-state index contributed by atoms with van der Waals surface area (Å²) >= 11 is 0. The van der Waals surface area contributed by atoms with E-state index in [-0.39, 0.29) is 25.9 Å². The minimum atomic E-state index is -1.32. The highest BCUT2D eigenvalue weighted by atomic mass is 16.7. The molecule has 0 amide bonds. The van der Waals surface area contributed by atoms with Gasteiger partial charge < -0.3 is 72.1 Å². The zero-order valence-corrected chi connectivity index (χ0v) is 22.1. The molecule has 2 saturated heterocycles. The minimum absolute atomic E-state index is 0.0124. The van der Waals surface area contributed by atoms with Crippen LogP contribution in [0, 0.1) is 11.8 Å². The van der Waals surface area contributed by atoms with Gasteiger partial charge in [-0.3, -0.25) is 0 Å². The molecule has 0 aromatic carbocycles. The first-order valence-electron chi connectivity index (χ1n) is 13.6. The molecular weight excluding hydrogens is 504 g/mol. The van der Waals surface area contributed by atoms with Gasteiger partial charge in [0.2, 0.25) is 0 Å². The Morgan fingerprint density at radius 3 is 2.34 bits per heavy atom. The van der Waals surface area contributed by atoms with Crippen LogP contribution in [0.4, 0.5) is 0 Å². The van der Waals surface area contributed by atoms with Crippen molar-refractivity contribution in [3.63, 3.8) is 0 Å². The molecule has 0 spiro atoms. The predicted molar refractivity (Wildman–Crippen MR) is 135 cm³/mol. The molecule has 3 rings (SSSR count). The van der Waals surface area contributed by atoms with Gasteiger partial charge in [0.15, 0.2) is 6.29 Å². The highest BCUT2D eigenvalue weighted by molar-refractivity contribution is 5.06. The van der Waals surface area contributed by atoms with Crippen LogP contribution < -0.4 is 22.1 Å². The lowest BCUT2D eigenvalue weighted by Crippen LogP contribution is -2.69. The van der Waals surface area contributed by atoms with E-state index >= 15 is 0 Å². The lowest BCUT2D eigenvalue weighted by Gasteiger charge is -2.52. The molecule has 0 bridgehead atoms. The van der Waals surface area contributed by atoms with Gasteiger partial charge in [-0.2, -0.15) is 0 Å². The van der Waals surface area contributed by atoms with Crippen LogP contribution in [0.3, 0.4) is 0 Å². The molecule has 14 nitrogen and oxygen atoms in total. The Hall–Kier alpha value is -0.560. The molecule has 15 atom stereocenters. The van der Waals surface area contributed by atoms with E-state index in [9.17, 15) is 35.7 Å². The maximum Gasteiger partial charge on any atom is 0.184 e. The third-order valence-electron chi connectivity index (χ3n) is 8.14. The summed E-state index contributed by atoms with van der Waals surface area (Å²) in [6, 6.07) is -1.27. The number of ether oxygens (including phenoxy) is 3. The highest BCUT2D eigenvalue weighted by Crippen LogP contribution is 2.38. The van der Waals surface area contributed by atoms with Gasteiger partial charge in [0.1, 0.15) is 18.3 Å². The SMILES string of the molecule is CCNCC1OC(C2C(N)CC(NCC(O)CN)C(OC3OC(CO)C(O)CC3O)C2O)C(O)C(C)C1O. The highest BCUT2D eigenvalue weighted by Gasteiger charge is 2.54. The Balaban J connectivity index is 1.85. The Morgan fingerprint density at radius 1 is 1.00 bits per heavy atom. The third kappa shape index (κ3) is 7.19. The van der Waals surface area contributed by atoms with Crippen LogP contribution in [0.15, 0.2) is 0 Å². The maximum atomic E-state index is 11.6. The van der Waals surface area contributed by atoms with Crippen LogP contribution in [0.25, 0.3) is 0 Å². The van der Waals surface area contributed by atoms with Gasteiger partial charge >= 0.3 is 0 Å². The molecule has 2 heterocycles. The van der Waals surface area contributed by atoms with Gasteiger partial charge in [0.25, 0.3) is 0 Å². The first kappa shape index (κ1) is 32.0. The summed E-state index contributed by atoms with van der Waals surface area (Å²) in [6.07, 6.45) is -11.2. The van der Waals surface area contributed by atoms with Crippen molar-refractivity contribution in [1.82, 2.24) is 10.6 Å². The molecule has 13 N–H and O–H groups in total. The van der Waals surface area contributed by atoms with Crippen LogP contribution in [-0.4, -0.2) is 148 Å². The van der Waals surface area contributed by atoms with Crippen LogP contribution in [-0.2, 0) is 14.2 Å². The summed E-state index contributed by atoms with van der Waals surface area (Å²) in [6.45, 7) is 4.25. The first-order chi connectivity index (χ1) is 18.0.